The molecule has 0 aliphatic heterocycles. The summed E-state index contributed by atoms with van der Waals surface area (Å²) in [6, 6.07) is 2.02. The van der Waals surface area contributed by atoms with E-state index in [2.05, 4.69) is 28.8 Å². The van der Waals surface area contributed by atoms with Crippen molar-refractivity contribution in [3.05, 3.63) is 23.0 Å². The van der Waals surface area contributed by atoms with E-state index in [1.165, 1.54) is 31.4 Å². The summed E-state index contributed by atoms with van der Waals surface area (Å²) in [6.07, 6.45) is 7.53. The van der Waals surface area contributed by atoms with Crippen LogP contribution in [-0.4, -0.2) is 35.6 Å². The van der Waals surface area contributed by atoms with Gasteiger partial charge < -0.3 is 14.8 Å². The summed E-state index contributed by atoms with van der Waals surface area (Å²) in [5.41, 5.74) is 1.75. The Morgan fingerprint density at radius 2 is 2.17 bits per heavy atom. The molecule has 0 unspecified atom stereocenters. The zero-order valence-electron chi connectivity index (χ0n) is 14.3. The van der Waals surface area contributed by atoms with Crippen molar-refractivity contribution in [3.63, 3.8) is 0 Å². The summed E-state index contributed by atoms with van der Waals surface area (Å²) in [7, 11) is 4.13. The molecule has 1 aromatic heterocycles. The Kier molecular flexibility index (Phi) is 6.28. The average molecular weight is 451 g/mol. The van der Waals surface area contributed by atoms with Gasteiger partial charge >= 0.3 is 0 Å². The van der Waals surface area contributed by atoms with E-state index >= 15 is 0 Å². The van der Waals surface area contributed by atoms with E-state index < -0.39 is 0 Å². The van der Waals surface area contributed by atoms with Crippen molar-refractivity contribution >= 4 is 41.5 Å². The molecule has 1 heterocycles. The molecular weight excluding hydrogens is 423 g/mol. The van der Waals surface area contributed by atoms with E-state index in [1.54, 1.807) is 0 Å². The minimum absolute atomic E-state index is 0. The van der Waals surface area contributed by atoms with Gasteiger partial charge in [-0.1, -0.05) is 11.6 Å². The van der Waals surface area contributed by atoms with Crippen molar-refractivity contribution < 1.29 is 0 Å². The van der Waals surface area contributed by atoms with Crippen LogP contribution in [0.25, 0.3) is 0 Å². The molecule has 4 nitrogen and oxygen atoms in total. The quantitative estimate of drug-likeness (QED) is 0.405. The Labute approximate surface area is 161 Å². The van der Waals surface area contributed by atoms with E-state index in [4.69, 9.17) is 16.6 Å². The normalized spacial score (nSPS) is 19.2. The molecule has 0 saturated heterocycles. The Bertz CT molecular complexity index is 561. The van der Waals surface area contributed by atoms with Gasteiger partial charge in [-0.05, 0) is 50.0 Å². The molecule has 0 spiro atoms. The first kappa shape index (κ1) is 18.9. The predicted molar refractivity (Wildman–Crippen MR) is 108 cm³/mol. The molecule has 2 saturated carbocycles. The second-order valence-corrected chi connectivity index (χ2v) is 7.36. The second kappa shape index (κ2) is 7.64. The van der Waals surface area contributed by atoms with Crippen molar-refractivity contribution in [2.45, 2.75) is 39.2 Å². The molecule has 1 aromatic rings. The summed E-state index contributed by atoms with van der Waals surface area (Å²) in [5.74, 6) is 1.96. The van der Waals surface area contributed by atoms with Crippen molar-refractivity contribution in [1.82, 2.24) is 14.8 Å². The van der Waals surface area contributed by atoms with Gasteiger partial charge in [-0.15, -0.1) is 24.0 Å². The maximum Gasteiger partial charge on any atom is 0.194 e. The third-order valence-corrected chi connectivity index (χ3v) is 5.26. The van der Waals surface area contributed by atoms with Crippen molar-refractivity contribution in [2.75, 3.05) is 20.1 Å². The van der Waals surface area contributed by atoms with Gasteiger partial charge in [0.25, 0.3) is 0 Å². The number of nitrogens with zero attached hydrogens (tertiary/aromatic N) is 3. The summed E-state index contributed by atoms with van der Waals surface area (Å²) in [4.78, 5) is 7.12. The van der Waals surface area contributed by atoms with Crippen molar-refractivity contribution in [1.29, 1.82) is 0 Å². The Balaban J connectivity index is 0.00000192. The average Bonchev–Trinajstić information content (AvgIpc) is 3.35. The van der Waals surface area contributed by atoms with Gasteiger partial charge in [-0.25, -0.2) is 0 Å². The Morgan fingerprint density at radius 3 is 2.65 bits per heavy atom. The van der Waals surface area contributed by atoms with Crippen LogP contribution in [-0.2, 0) is 13.6 Å². The highest BCUT2D eigenvalue weighted by Gasteiger charge is 2.53. The van der Waals surface area contributed by atoms with Crippen LogP contribution in [0.15, 0.2) is 17.3 Å². The molecule has 3 rings (SSSR count). The van der Waals surface area contributed by atoms with Gasteiger partial charge in [-0.2, -0.15) is 0 Å². The third-order valence-electron chi connectivity index (χ3n) is 5.05. The zero-order chi connectivity index (χ0) is 15.7. The lowest BCUT2D eigenvalue weighted by Gasteiger charge is -2.23. The number of aryl methyl sites for hydroxylation is 1. The summed E-state index contributed by atoms with van der Waals surface area (Å²) < 4.78 is 2.08. The van der Waals surface area contributed by atoms with Crippen LogP contribution in [0.1, 0.15) is 38.3 Å². The van der Waals surface area contributed by atoms with E-state index in [-0.39, 0.29) is 24.0 Å². The molecular formula is C17H28ClIN4. The lowest BCUT2D eigenvalue weighted by atomic mass is 10.0. The molecule has 2 aliphatic carbocycles. The lowest BCUT2D eigenvalue weighted by molar-refractivity contribution is 0.432. The molecule has 0 amide bonds. The smallest absolute Gasteiger partial charge is 0.194 e. The molecule has 0 aromatic carbocycles. The van der Waals surface area contributed by atoms with E-state index in [9.17, 15) is 0 Å². The van der Waals surface area contributed by atoms with Gasteiger partial charge in [0, 0.05) is 39.1 Å². The minimum atomic E-state index is 0. The highest BCUT2D eigenvalue weighted by Crippen LogP contribution is 2.61. The monoisotopic (exact) mass is 450 g/mol. The second-order valence-electron chi connectivity index (χ2n) is 6.92. The topological polar surface area (TPSA) is 32.6 Å². The highest BCUT2D eigenvalue weighted by molar-refractivity contribution is 14.0. The minimum Gasteiger partial charge on any atom is -0.357 e. The number of rotatable bonds is 6. The highest BCUT2D eigenvalue weighted by atomic mass is 127. The third kappa shape index (κ3) is 4.56. The van der Waals surface area contributed by atoms with Crippen LogP contribution in [0.5, 0.6) is 0 Å². The van der Waals surface area contributed by atoms with Gasteiger partial charge in [0.1, 0.15) is 0 Å². The first-order chi connectivity index (χ1) is 10.5. The van der Waals surface area contributed by atoms with Gasteiger partial charge in [0.05, 0.1) is 11.6 Å². The molecule has 130 valence electrons. The number of hydrogen-bond acceptors (Lipinski definition) is 1. The largest absolute Gasteiger partial charge is 0.357 e. The number of hydrogen-bond donors (Lipinski definition) is 1. The van der Waals surface area contributed by atoms with Crippen LogP contribution >= 0.6 is 35.6 Å². The summed E-state index contributed by atoms with van der Waals surface area (Å²) >= 11 is 6.08. The van der Waals surface area contributed by atoms with Crippen LogP contribution in [0, 0.1) is 11.3 Å². The first-order valence-electron chi connectivity index (χ1n) is 8.34. The van der Waals surface area contributed by atoms with Crippen LogP contribution in [0.2, 0.25) is 5.02 Å². The zero-order valence-corrected chi connectivity index (χ0v) is 17.4. The first-order valence-corrected chi connectivity index (χ1v) is 8.72. The summed E-state index contributed by atoms with van der Waals surface area (Å²) in [5, 5.41) is 4.21. The maximum atomic E-state index is 6.08. The fourth-order valence-corrected chi connectivity index (χ4v) is 3.57. The molecule has 2 aliphatic rings. The van der Waals surface area contributed by atoms with Crippen LogP contribution in [0.3, 0.4) is 0 Å². The SMILES string of the molecule is CCNC(=NCC1(C2CC2)CC1)N(C)Cc1cc(Cl)cn1C.I. The Hall–Kier alpha value is -0.430. The number of aliphatic imine (C=N–C) groups is 1. The van der Waals surface area contributed by atoms with Gasteiger partial charge in [-0.3, -0.25) is 4.99 Å². The Morgan fingerprint density at radius 1 is 1.48 bits per heavy atom. The number of nitrogens with one attached hydrogen (secondary N) is 1. The molecule has 23 heavy (non-hydrogen) atoms. The standard InChI is InChI=1S/C17H27ClN4.HI/c1-4-19-16(20-12-17(7-8-17)13-5-6-13)22(3)11-15-9-14(18)10-21(15)2;/h9-10,13H,4-8,11-12H2,1-3H3,(H,19,20);1H. The molecule has 0 radical (unpaired) electrons. The molecule has 6 heteroatoms. The van der Waals surface area contributed by atoms with E-state index in [0.29, 0.717) is 5.41 Å². The van der Waals surface area contributed by atoms with Crippen LogP contribution in [0.4, 0.5) is 0 Å². The van der Waals surface area contributed by atoms with E-state index in [0.717, 1.165) is 36.5 Å². The number of halogens is 2. The fraction of sp³-hybridized carbons (Fsp3) is 0.706. The molecule has 0 bridgehead atoms. The molecule has 1 N–H and O–H groups in total. The molecule has 2 fully saturated rings. The summed E-state index contributed by atoms with van der Waals surface area (Å²) in [6.45, 7) is 4.81. The van der Waals surface area contributed by atoms with Gasteiger partial charge in [0.15, 0.2) is 5.96 Å². The maximum absolute atomic E-state index is 6.08. The molecule has 0 atom stereocenters. The van der Waals surface area contributed by atoms with E-state index in [1.807, 2.05) is 19.3 Å². The lowest BCUT2D eigenvalue weighted by Crippen LogP contribution is -2.39. The van der Waals surface area contributed by atoms with Crippen molar-refractivity contribution in [2.24, 2.45) is 23.4 Å². The number of aromatic nitrogens is 1. The van der Waals surface area contributed by atoms with Crippen molar-refractivity contribution in [3.8, 4) is 0 Å². The number of guanidine groups is 1. The fourth-order valence-electron chi connectivity index (χ4n) is 3.29. The van der Waals surface area contributed by atoms with Gasteiger partial charge in [0.2, 0.25) is 0 Å². The predicted octanol–water partition coefficient (Wildman–Crippen LogP) is 3.88. The van der Waals surface area contributed by atoms with Crippen LogP contribution < -0.4 is 5.32 Å².